The van der Waals surface area contributed by atoms with Crippen LogP contribution in [0.15, 0.2) is 72.9 Å². The minimum Gasteiger partial charge on any atom is -0.384 e. The smallest absolute Gasteiger partial charge is 0.131 e. The molecule has 24 heavy (non-hydrogen) atoms. The molecule has 0 aromatic heterocycles. The van der Waals surface area contributed by atoms with Crippen LogP contribution in [0.4, 0.5) is 0 Å². The molecule has 0 unspecified atom stereocenters. The molecular weight excluding hydrogens is 312 g/mol. The predicted octanol–water partition coefficient (Wildman–Crippen LogP) is 4.39. The normalized spacial score (nSPS) is 11.4. The number of hydrogen-bond donors (Lipinski definition) is 0. The predicted molar refractivity (Wildman–Crippen MR) is 104 cm³/mol. The second kappa shape index (κ2) is 10.2. The quantitative estimate of drug-likeness (QED) is 0.446. The molecule has 0 aliphatic heterocycles. The average molecular weight is 341 g/mol. The van der Waals surface area contributed by atoms with Gasteiger partial charge < -0.3 is 9.47 Å². The van der Waals surface area contributed by atoms with Crippen LogP contribution in [0.2, 0.25) is 6.55 Å². The maximum atomic E-state index is 5.92. The molecule has 0 aliphatic carbocycles. The Bertz CT molecular complexity index is 536. The molecule has 0 heterocycles. The Morgan fingerprint density at radius 1 is 0.792 bits per heavy atom. The highest BCUT2D eigenvalue weighted by atomic mass is 28.3. The van der Waals surface area contributed by atoms with Gasteiger partial charge in [-0.1, -0.05) is 72.9 Å². The number of rotatable bonds is 11. The van der Waals surface area contributed by atoms with Crippen LogP contribution in [0.1, 0.15) is 11.1 Å². The van der Waals surface area contributed by atoms with E-state index in [-0.39, 0.29) is 0 Å². The van der Waals surface area contributed by atoms with Crippen molar-refractivity contribution in [2.75, 3.05) is 25.7 Å². The Morgan fingerprint density at radius 3 is 1.58 bits per heavy atom. The van der Waals surface area contributed by atoms with Gasteiger partial charge in [-0.15, -0.1) is 6.58 Å². The molecule has 0 aliphatic rings. The third-order valence-corrected chi connectivity index (χ3v) is 6.82. The third kappa shape index (κ3) is 6.83. The highest BCUT2D eigenvalue weighted by molar-refractivity contribution is 6.83. The van der Waals surface area contributed by atoms with E-state index in [1.165, 1.54) is 11.1 Å². The summed E-state index contributed by atoms with van der Waals surface area (Å²) in [5.41, 5.74) is 4.72. The second-order valence-corrected chi connectivity index (χ2v) is 10.7. The summed E-state index contributed by atoms with van der Waals surface area (Å²) in [4.78, 5) is 0. The maximum Gasteiger partial charge on any atom is 0.131 e. The Morgan fingerprint density at radius 2 is 1.21 bits per heavy atom. The number of ether oxygens (including phenoxy) is 2. The summed E-state index contributed by atoms with van der Waals surface area (Å²) in [6.07, 6.45) is 3.46. The van der Waals surface area contributed by atoms with Gasteiger partial charge in [0.05, 0.1) is 13.2 Å². The van der Waals surface area contributed by atoms with Gasteiger partial charge in [-0.2, -0.15) is 0 Å². The lowest BCUT2D eigenvalue weighted by atomic mass is 10.2. The average Bonchev–Trinajstić information content (AvgIpc) is 2.64. The molecule has 0 saturated heterocycles. The number of hydrogen-bond acceptors (Lipinski definition) is 2. The van der Waals surface area contributed by atoms with Crippen molar-refractivity contribution < 1.29 is 9.47 Å². The van der Waals surface area contributed by atoms with E-state index in [9.17, 15) is 0 Å². The van der Waals surface area contributed by atoms with Gasteiger partial charge in [0.1, 0.15) is 8.07 Å². The van der Waals surface area contributed by atoms with Crippen molar-refractivity contribution in [3.8, 4) is 0 Å². The van der Waals surface area contributed by atoms with Crippen molar-refractivity contribution >= 4 is 8.07 Å². The molecule has 2 nitrogen and oxygen atoms in total. The lowest BCUT2D eigenvalue weighted by Gasteiger charge is -2.23. The lowest BCUT2D eigenvalue weighted by Crippen LogP contribution is -2.41. The van der Waals surface area contributed by atoms with Crippen LogP contribution >= 0.6 is 0 Å². The summed E-state index contributed by atoms with van der Waals surface area (Å²) in [5, 5.41) is 0. The molecule has 0 saturated carbocycles. The van der Waals surface area contributed by atoms with Gasteiger partial charge in [-0.05, 0) is 24.0 Å². The van der Waals surface area contributed by atoms with E-state index in [1.54, 1.807) is 0 Å². The first-order chi connectivity index (χ1) is 11.7. The molecule has 3 heteroatoms. The molecule has 0 amide bonds. The highest BCUT2D eigenvalue weighted by Gasteiger charge is 2.24. The molecule has 2 rings (SSSR count). The van der Waals surface area contributed by atoms with E-state index in [4.69, 9.17) is 9.47 Å². The van der Waals surface area contributed by atoms with E-state index < -0.39 is 8.07 Å². The van der Waals surface area contributed by atoms with Gasteiger partial charge in [0.2, 0.25) is 0 Å². The molecule has 2 aromatic carbocycles. The number of benzene rings is 2. The molecule has 0 bridgehead atoms. The van der Waals surface area contributed by atoms with Crippen molar-refractivity contribution in [3.63, 3.8) is 0 Å². The zero-order chi connectivity index (χ0) is 17.1. The third-order valence-electron chi connectivity index (χ3n) is 4.11. The Labute approximate surface area is 147 Å². The fraction of sp³-hybridized carbons (Fsp3) is 0.333. The van der Waals surface area contributed by atoms with Crippen LogP contribution < -0.4 is 0 Å². The first-order valence-corrected chi connectivity index (χ1v) is 11.6. The first kappa shape index (κ1) is 18.7. The SMILES string of the molecule is C=C[Si](C)(COCCc1ccccc1)COCCc1ccccc1. The molecule has 0 radical (unpaired) electrons. The van der Waals surface area contributed by atoms with Crippen molar-refractivity contribution in [1.82, 2.24) is 0 Å². The molecule has 0 atom stereocenters. The molecular formula is C21H28O2Si. The van der Waals surface area contributed by atoms with Gasteiger partial charge in [0.25, 0.3) is 0 Å². The molecule has 0 fully saturated rings. The minimum atomic E-state index is -1.68. The largest absolute Gasteiger partial charge is 0.384 e. The van der Waals surface area contributed by atoms with E-state index in [0.717, 1.165) is 38.5 Å². The fourth-order valence-corrected chi connectivity index (χ4v) is 3.98. The van der Waals surface area contributed by atoms with Gasteiger partial charge in [-0.3, -0.25) is 0 Å². The van der Waals surface area contributed by atoms with Crippen molar-refractivity contribution in [3.05, 3.63) is 84.1 Å². The van der Waals surface area contributed by atoms with Crippen molar-refractivity contribution in [2.45, 2.75) is 19.4 Å². The van der Waals surface area contributed by atoms with E-state index >= 15 is 0 Å². The molecule has 0 spiro atoms. The van der Waals surface area contributed by atoms with Gasteiger partial charge in [0, 0.05) is 12.5 Å². The fourth-order valence-electron chi connectivity index (χ4n) is 2.44. The van der Waals surface area contributed by atoms with Gasteiger partial charge in [-0.25, -0.2) is 0 Å². The van der Waals surface area contributed by atoms with Crippen molar-refractivity contribution in [2.24, 2.45) is 0 Å². The summed E-state index contributed by atoms with van der Waals surface area (Å²) in [7, 11) is -1.68. The summed E-state index contributed by atoms with van der Waals surface area (Å²) in [5.74, 6) is 0. The van der Waals surface area contributed by atoms with E-state index in [0.29, 0.717) is 0 Å². The minimum absolute atomic E-state index is 0.754. The summed E-state index contributed by atoms with van der Waals surface area (Å²) >= 11 is 0. The van der Waals surface area contributed by atoms with Crippen LogP contribution in [-0.4, -0.2) is 33.7 Å². The highest BCUT2D eigenvalue weighted by Crippen LogP contribution is 2.08. The van der Waals surface area contributed by atoms with Crippen LogP contribution in [-0.2, 0) is 22.3 Å². The zero-order valence-electron chi connectivity index (χ0n) is 14.6. The van der Waals surface area contributed by atoms with Gasteiger partial charge >= 0.3 is 0 Å². The van der Waals surface area contributed by atoms with Gasteiger partial charge in [0.15, 0.2) is 0 Å². The van der Waals surface area contributed by atoms with Crippen molar-refractivity contribution in [1.29, 1.82) is 0 Å². The topological polar surface area (TPSA) is 18.5 Å². The van der Waals surface area contributed by atoms with Crippen LogP contribution in [0.5, 0.6) is 0 Å². The second-order valence-electron chi connectivity index (χ2n) is 6.43. The molecule has 128 valence electrons. The molecule has 0 N–H and O–H groups in total. The van der Waals surface area contributed by atoms with Crippen LogP contribution in [0.25, 0.3) is 0 Å². The zero-order valence-corrected chi connectivity index (χ0v) is 15.6. The molecule has 2 aromatic rings. The Balaban J connectivity index is 1.64. The standard InChI is InChI=1S/C21H28O2Si/c1-3-24(2,18-22-16-14-20-10-6-4-7-11-20)19-23-17-15-21-12-8-5-9-13-21/h3-13H,1,14-19H2,2H3. The first-order valence-electron chi connectivity index (χ1n) is 8.59. The Kier molecular flexibility index (Phi) is 7.96. The van der Waals surface area contributed by atoms with Crippen LogP contribution in [0, 0.1) is 0 Å². The lowest BCUT2D eigenvalue weighted by molar-refractivity contribution is 0.153. The summed E-state index contributed by atoms with van der Waals surface area (Å²) < 4.78 is 11.8. The van der Waals surface area contributed by atoms with E-state index in [1.807, 2.05) is 12.1 Å². The Hall–Kier alpha value is -1.68. The van der Waals surface area contributed by atoms with Crippen LogP contribution in [0.3, 0.4) is 0 Å². The summed E-state index contributed by atoms with van der Waals surface area (Å²) in [6, 6.07) is 20.9. The summed E-state index contributed by atoms with van der Waals surface area (Å²) in [6.45, 7) is 7.79. The van der Waals surface area contributed by atoms with E-state index in [2.05, 4.69) is 67.4 Å². The monoisotopic (exact) mass is 340 g/mol. The maximum absolute atomic E-state index is 5.92.